The molecule has 1 aromatic heterocycles. The molecule has 1 amide bonds. The first-order valence-electron chi connectivity index (χ1n) is 10.0. The van der Waals surface area contributed by atoms with E-state index in [-0.39, 0.29) is 23.8 Å². The lowest BCUT2D eigenvalue weighted by Gasteiger charge is -2.40. The van der Waals surface area contributed by atoms with E-state index in [9.17, 15) is 14.7 Å². The van der Waals surface area contributed by atoms with Crippen LogP contribution in [0.2, 0.25) is 0 Å². The molecule has 0 radical (unpaired) electrons. The normalized spacial score (nSPS) is 22.7. The Balaban J connectivity index is 1.73. The number of aromatic amines is 1. The first-order chi connectivity index (χ1) is 14.8. The van der Waals surface area contributed by atoms with Crippen LogP contribution in [0.15, 0.2) is 42.5 Å². The standard InChI is InChI=1S/C21H17ClN2O5/c22-9-18(25)24-15(21(26)27)8-13-12-3-1-2-4-14(12)23-19(13)20(24)11-5-6-16-17(7-11)29-10-28-16/h1-7,15,20,23H,8-10H2,(H,26,27)/i10D2. The van der Waals surface area contributed by atoms with Gasteiger partial charge < -0.3 is 24.5 Å². The van der Waals surface area contributed by atoms with E-state index in [0.29, 0.717) is 11.3 Å². The summed E-state index contributed by atoms with van der Waals surface area (Å²) in [5.74, 6) is -1.61. The molecule has 0 fully saturated rings. The number of carboxylic acid groups (broad SMARTS) is 1. The number of alkyl halides is 1. The maximum Gasteiger partial charge on any atom is 0.326 e. The van der Waals surface area contributed by atoms with Crippen LogP contribution in [0.25, 0.3) is 10.9 Å². The minimum absolute atomic E-state index is 0.140. The number of rotatable bonds is 3. The summed E-state index contributed by atoms with van der Waals surface area (Å²) >= 11 is 5.86. The van der Waals surface area contributed by atoms with Gasteiger partial charge in [-0.05, 0) is 29.3 Å². The molecule has 5 rings (SSSR count). The Hall–Kier alpha value is -3.19. The zero-order chi connectivity index (χ0) is 21.9. The van der Waals surface area contributed by atoms with Gasteiger partial charge in [-0.3, -0.25) is 4.79 Å². The Bertz CT molecular complexity index is 1230. The molecule has 7 nitrogen and oxygen atoms in total. The minimum Gasteiger partial charge on any atom is -0.480 e. The smallest absolute Gasteiger partial charge is 0.326 e. The van der Waals surface area contributed by atoms with Crippen molar-refractivity contribution in [3.63, 3.8) is 0 Å². The Kier molecular flexibility index (Phi) is 3.63. The van der Waals surface area contributed by atoms with Crippen molar-refractivity contribution in [2.24, 2.45) is 0 Å². The largest absolute Gasteiger partial charge is 0.480 e. The van der Waals surface area contributed by atoms with Crippen molar-refractivity contribution in [1.82, 2.24) is 9.88 Å². The molecule has 0 aliphatic carbocycles. The first-order valence-corrected chi connectivity index (χ1v) is 9.54. The summed E-state index contributed by atoms with van der Waals surface area (Å²) in [5, 5.41) is 10.8. The molecule has 2 atom stereocenters. The number of aliphatic carboxylic acids is 1. The SMILES string of the molecule is [2H]C1([2H])Oc2ccc(C3c4[nH]c5ccccc5c4CC(C(=O)O)N3C(=O)CCl)cc2O1. The summed E-state index contributed by atoms with van der Waals surface area (Å²) in [7, 11) is 0. The third-order valence-electron chi connectivity index (χ3n) is 5.41. The number of ether oxygens (including phenoxy) is 2. The van der Waals surface area contributed by atoms with Crippen molar-refractivity contribution in [1.29, 1.82) is 0 Å². The highest BCUT2D eigenvalue weighted by atomic mass is 35.5. The Morgan fingerprint density at radius 3 is 2.83 bits per heavy atom. The van der Waals surface area contributed by atoms with E-state index in [0.717, 1.165) is 16.5 Å². The lowest BCUT2D eigenvalue weighted by molar-refractivity contribution is -0.151. The van der Waals surface area contributed by atoms with Crippen LogP contribution >= 0.6 is 11.6 Å². The molecule has 2 unspecified atom stereocenters. The average molecular weight is 415 g/mol. The summed E-state index contributed by atoms with van der Waals surface area (Å²) in [4.78, 5) is 29.6. The van der Waals surface area contributed by atoms with Crippen LogP contribution < -0.4 is 9.47 Å². The molecule has 3 aromatic rings. The highest BCUT2D eigenvalue weighted by Crippen LogP contribution is 2.43. The van der Waals surface area contributed by atoms with Gasteiger partial charge in [0.2, 0.25) is 12.7 Å². The summed E-state index contributed by atoms with van der Waals surface area (Å²) in [6.45, 7) is -2.30. The molecule has 2 aliphatic heterocycles. The van der Waals surface area contributed by atoms with Crippen LogP contribution in [0, 0.1) is 0 Å². The Morgan fingerprint density at radius 2 is 2.03 bits per heavy atom. The van der Waals surface area contributed by atoms with E-state index < -0.39 is 30.7 Å². The van der Waals surface area contributed by atoms with Crippen LogP contribution in [0.3, 0.4) is 0 Å². The molecule has 2 aliphatic rings. The van der Waals surface area contributed by atoms with Gasteiger partial charge in [-0.2, -0.15) is 0 Å². The summed E-state index contributed by atoms with van der Waals surface area (Å²) < 4.78 is 25.7. The molecule has 148 valence electrons. The van der Waals surface area contributed by atoms with Gasteiger partial charge >= 0.3 is 5.97 Å². The summed E-state index contributed by atoms with van der Waals surface area (Å²) in [5.41, 5.74) is 2.90. The number of nitrogens with zero attached hydrogens (tertiary/aromatic N) is 1. The molecule has 2 N–H and O–H groups in total. The number of carbonyl (C=O) groups is 2. The number of amides is 1. The fourth-order valence-corrected chi connectivity index (χ4v) is 4.31. The fourth-order valence-electron chi connectivity index (χ4n) is 4.17. The number of hydrogen-bond donors (Lipinski definition) is 2. The zero-order valence-electron chi connectivity index (χ0n) is 17.0. The number of fused-ring (bicyclic) bond motifs is 4. The van der Waals surface area contributed by atoms with E-state index in [4.69, 9.17) is 23.8 Å². The maximum atomic E-state index is 12.8. The number of para-hydroxylation sites is 1. The van der Waals surface area contributed by atoms with Crippen LogP contribution in [-0.2, 0) is 16.0 Å². The van der Waals surface area contributed by atoms with Crippen molar-refractivity contribution < 1.29 is 26.9 Å². The van der Waals surface area contributed by atoms with Crippen molar-refractivity contribution in [2.45, 2.75) is 18.5 Å². The van der Waals surface area contributed by atoms with Crippen molar-refractivity contribution in [3.8, 4) is 11.5 Å². The molecule has 29 heavy (non-hydrogen) atoms. The number of carboxylic acids is 1. The quantitative estimate of drug-likeness (QED) is 0.643. The van der Waals surface area contributed by atoms with Crippen LogP contribution in [0.4, 0.5) is 0 Å². The minimum atomic E-state index is -2.30. The van der Waals surface area contributed by atoms with E-state index in [2.05, 4.69) is 4.98 Å². The molecule has 3 heterocycles. The second-order valence-electron chi connectivity index (χ2n) is 6.95. The van der Waals surface area contributed by atoms with Gasteiger partial charge in [0.05, 0.1) is 6.04 Å². The van der Waals surface area contributed by atoms with E-state index in [1.807, 2.05) is 24.3 Å². The predicted molar refractivity (Wildman–Crippen MR) is 105 cm³/mol. The number of carbonyl (C=O) groups excluding carboxylic acids is 1. The highest BCUT2D eigenvalue weighted by Gasteiger charge is 2.43. The van der Waals surface area contributed by atoms with E-state index in [1.165, 1.54) is 4.90 Å². The summed E-state index contributed by atoms with van der Waals surface area (Å²) in [6.07, 6.45) is 0.140. The molecule has 0 bridgehead atoms. The van der Waals surface area contributed by atoms with Gasteiger partial charge in [-0.15, -0.1) is 11.6 Å². The lowest BCUT2D eigenvalue weighted by atomic mass is 9.88. The maximum absolute atomic E-state index is 12.8. The molecule has 0 spiro atoms. The highest BCUT2D eigenvalue weighted by molar-refractivity contribution is 6.27. The van der Waals surface area contributed by atoms with Crippen molar-refractivity contribution in [3.05, 3.63) is 59.3 Å². The number of H-pyrrole nitrogens is 1. The van der Waals surface area contributed by atoms with E-state index >= 15 is 0 Å². The van der Waals surface area contributed by atoms with Gasteiger partial charge in [-0.1, -0.05) is 24.3 Å². The number of hydrogen-bond acceptors (Lipinski definition) is 4. The third kappa shape index (κ3) is 2.73. The zero-order valence-corrected chi connectivity index (χ0v) is 15.8. The second kappa shape index (κ2) is 6.70. The van der Waals surface area contributed by atoms with Crippen molar-refractivity contribution in [2.75, 3.05) is 12.6 Å². The second-order valence-corrected chi connectivity index (χ2v) is 7.22. The molecular weight excluding hydrogens is 396 g/mol. The third-order valence-corrected chi connectivity index (χ3v) is 5.63. The van der Waals surface area contributed by atoms with Crippen LogP contribution in [-0.4, -0.2) is 45.5 Å². The molecule has 2 aromatic carbocycles. The van der Waals surface area contributed by atoms with Gasteiger partial charge in [0.15, 0.2) is 11.5 Å². The van der Waals surface area contributed by atoms with Gasteiger partial charge in [-0.25, -0.2) is 4.79 Å². The topological polar surface area (TPSA) is 91.9 Å². The van der Waals surface area contributed by atoms with Crippen LogP contribution in [0.5, 0.6) is 11.5 Å². The molecular formula is C21H17ClN2O5. The van der Waals surface area contributed by atoms with Gasteiger partial charge in [0, 0.05) is 23.0 Å². The molecule has 0 saturated heterocycles. The van der Waals surface area contributed by atoms with Crippen molar-refractivity contribution >= 4 is 34.4 Å². The Labute approximate surface area is 173 Å². The van der Waals surface area contributed by atoms with E-state index in [1.54, 1.807) is 18.2 Å². The average Bonchev–Trinajstić information content (AvgIpc) is 3.26. The van der Waals surface area contributed by atoms with Gasteiger partial charge in [0.25, 0.3) is 0 Å². The molecule has 8 heteroatoms. The molecule has 0 saturated carbocycles. The lowest BCUT2D eigenvalue weighted by Crippen LogP contribution is -2.52. The van der Waals surface area contributed by atoms with Crippen LogP contribution in [0.1, 0.15) is 25.6 Å². The first kappa shape index (κ1) is 15.7. The Morgan fingerprint density at radius 1 is 1.24 bits per heavy atom. The van der Waals surface area contributed by atoms with Gasteiger partial charge in [0.1, 0.15) is 14.7 Å². The predicted octanol–water partition coefficient (Wildman–Crippen LogP) is 3.06. The monoisotopic (exact) mass is 414 g/mol. The number of aromatic nitrogens is 1. The number of benzene rings is 2. The number of halogens is 1. The fraction of sp³-hybridized carbons (Fsp3) is 0.238. The number of nitrogens with one attached hydrogen (secondary N) is 1. The summed E-state index contributed by atoms with van der Waals surface area (Å²) in [6, 6.07) is 10.4.